The normalized spacial score (nSPS) is 13.3. The number of rotatable bonds is 6. The standard InChI is InChI=1S/C40H32N2Si/c1-29-23-39-35(25-37(29)41-27-31-15-7-3-8-16-31)36-26-38(42-28-32-17-9-4-10-18-32)30(2)24-40(36)43(39,33-19-11-5-12-20-33)34-21-13-6-14-22-34/h3-28H,1-2H3/b41-27+,42-28+. The smallest absolute Gasteiger partial charge is 0.180 e. The Hall–Kier alpha value is -5.12. The third-order valence-corrected chi connectivity index (χ3v) is 13.3. The third-order valence-electron chi connectivity index (χ3n) is 8.49. The van der Waals surface area contributed by atoms with Gasteiger partial charge in [0.2, 0.25) is 0 Å². The van der Waals surface area contributed by atoms with E-state index in [1.165, 1.54) is 43.0 Å². The fraction of sp³-hybridized carbons (Fsp3) is 0.0500. The van der Waals surface area contributed by atoms with Crippen molar-refractivity contribution in [1.82, 2.24) is 0 Å². The lowest BCUT2D eigenvalue weighted by atomic mass is 10.0. The van der Waals surface area contributed by atoms with Gasteiger partial charge in [-0.3, -0.25) is 9.98 Å². The summed E-state index contributed by atoms with van der Waals surface area (Å²) in [5.41, 5.74) is 9.06. The summed E-state index contributed by atoms with van der Waals surface area (Å²) in [6.45, 7) is 4.38. The highest BCUT2D eigenvalue weighted by Crippen LogP contribution is 2.36. The van der Waals surface area contributed by atoms with E-state index in [0.717, 1.165) is 22.5 Å². The van der Waals surface area contributed by atoms with Gasteiger partial charge in [-0.15, -0.1) is 0 Å². The zero-order valence-corrected chi connectivity index (χ0v) is 25.4. The zero-order chi connectivity index (χ0) is 29.2. The quantitative estimate of drug-likeness (QED) is 0.150. The van der Waals surface area contributed by atoms with E-state index in [4.69, 9.17) is 9.98 Å². The van der Waals surface area contributed by atoms with Crippen LogP contribution in [0.15, 0.2) is 156 Å². The number of hydrogen-bond acceptors (Lipinski definition) is 2. The Balaban J connectivity index is 1.50. The van der Waals surface area contributed by atoms with Crippen LogP contribution in [-0.4, -0.2) is 20.5 Å². The third kappa shape index (κ3) is 4.78. The lowest BCUT2D eigenvalue weighted by molar-refractivity contribution is 1.41. The fourth-order valence-corrected chi connectivity index (χ4v) is 11.8. The Kier molecular flexibility index (Phi) is 7.02. The van der Waals surface area contributed by atoms with Crippen LogP contribution >= 0.6 is 0 Å². The van der Waals surface area contributed by atoms with Gasteiger partial charge in [-0.2, -0.15) is 0 Å². The minimum Gasteiger partial charge on any atom is -0.256 e. The molecule has 0 bridgehead atoms. The van der Waals surface area contributed by atoms with E-state index in [1.54, 1.807) is 0 Å². The van der Waals surface area contributed by atoms with Crippen molar-refractivity contribution in [3.63, 3.8) is 0 Å². The molecule has 0 fully saturated rings. The summed E-state index contributed by atoms with van der Waals surface area (Å²) in [5.74, 6) is 0. The van der Waals surface area contributed by atoms with E-state index in [2.05, 4.69) is 123 Å². The molecule has 0 aromatic heterocycles. The molecule has 7 rings (SSSR count). The van der Waals surface area contributed by atoms with Crippen molar-refractivity contribution in [3.8, 4) is 11.1 Å². The van der Waals surface area contributed by atoms with E-state index in [0.29, 0.717) is 0 Å². The molecule has 3 heteroatoms. The van der Waals surface area contributed by atoms with Crippen LogP contribution in [0, 0.1) is 13.8 Å². The number of nitrogens with zero attached hydrogens (tertiary/aromatic N) is 2. The Morgan fingerprint density at radius 2 is 0.791 bits per heavy atom. The summed E-state index contributed by atoms with van der Waals surface area (Å²) in [5, 5.41) is 5.61. The van der Waals surface area contributed by atoms with Crippen molar-refractivity contribution >= 4 is 52.6 Å². The Morgan fingerprint density at radius 3 is 1.16 bits per heavy atom. The van der Waals surface area contributed by atoms with E-state index in [-0.39, 0.29) is 0 Å². The van der Waals surface area contributed by atoms with Crippen LogP contribution in [0.4, 0.5) is 11.4 Å². The largest absolute Gasteiger partial charge is 0.256 e. The minimum absolute atomic E-state index is 0.995. The first-order valence-electron chi connectivity index (χ1n) is 14.7. The fourth-order valence-electron chi connectivity index (χ4n) is 6.41. The molecule has 1 aliphatic rings. The molecule has 43 heavy (non-hydrogen) atoms. The van der Waals surface area contributed by atoms with Gasteiger partial charge in [0.25, 0.3) is 0 Å². The maximum Gasteiger partial charge on any atom is 0.180 e. The van der Waals surface area contributed by atoms with Crippen molar-refractivity contribution < 1.29 is 0 Å². The molecule has 0 radical (unpaired) electrons. The first kappa shape index (κ1) is 26.8. The summed E-state index contributed by atoms with van der Waals surface area (Å²) in [6, 6.07) is 52.3. The molecule has 0 saturated carbocycles. The van der Waals surface area contributed by atoms with Crippen molar-refractivity contribution in [1.29, 1.82) is 0 Å². The Morgan fingerprint density at radius 1 is 0.442 bits per heavy atom. The number of hydrogen-bond donors (Lipinski definition) is 0. The lowest BCUT2D eigenvalue weighted by Gasteiger charge is -2.31. The molecule has 0 atom stereocenters. The number of aliphatic imine (C=N–C) groups is 2. The highest BCUT2D eigenvalue weighted by Gasteiger charge is 2.49. The molecule has 0 aliphatic carbocycles. The van der Waals surface area contributed by atoms with Crippen LogP contribution in [0.3, 0.4) is 0 Å². The monoisotopic (exact) mass is 568 g/mol. The topological polar surface area (TPSA) is 24.7 Å². The van der Waals surface area contributed by atoms with Gasteiger partial charge in [0, 0.05) is 12.4 Å². The molecular formula is C40H32N2Si. The zero-order valence-electron chi connectivity index (χ0n) is 24.4. The Bertz CT molecular complexity index is 1820. The predicted molar refractivity (Wildman–Crippen MR) is 186 cm³/mol. The van der Waals surface area contributed by atoms with Crippen LogP contribution in [0.25, 0.3) is 11.1 Å². The molecule has 2 nitrogen and oxygen atoms in total. The number of aryl methyl sites for hydroxylation is 2. The Labute approximate surface area is 254 Å². The van der Waals surface area contributed by atoms with Crippen molar-refractivity contribution in [2.24, 2.45) is 9.98 Å². The van der Waals surface area contributed by atoms with Gasteiger partial charge >= 0.3 is 0 Å². The molecule has 0 saturated heterocycles. The molecule has 0 spiro atoms. The lowest BCUT2D eigenvalue weighted by Crippen LogP contribution is -2.72. The average Bonchev–Trinajstić information content (AvgIpc) is 3.32. The van der Waals surface area contributed by atoms with E-state index >= 15 is 0 Å². The second-order valence-corrected chi connectivity index (χ2v) is 14.9. The van der Waals surface area contributed by atoms with Crippen molar-refractivity contribution in [3.05, 3.63) is 168 Å². The average molecular weight is 569 g/mol. The van der Waals surface area contributed by atoms with Gasteiger partial charge in [-0.25, -0.2) is 0 Å². The minimum atomic E-state index is -2.61. The second kappa shape index (κ2) is 11.3. The summed E-state index contributed by atoms with van der Waals surface area (Å²) in [7, 11) is -2.61. The highest BCUT2D eigenvalue weighted by molar-refractivity contribution is 7.22. The van der Waals surface area contributed by atoms with Gasteiger partial charge in [-0.1, -0.05) is 133 Å². The first-order valence-corrected chi connectivity index (χ1v) is 16.7. The maximum atomic E-state index is 5.00. The molecule has 0 amide bonds. The first-order chi connectivity index (χ1) is 21.1. The summed E-state index contributed by atoms with van der Waals surface area (Å²) >= 11 is 0. The number of benzene rings is 6. The van der Waals surface area contributed by atoms with Crippen LogP contribution in [0.2, 0.25) is 0 Å². The summed E-state index contributed by atoms with van der Waals surface area (Å²) in [6.07, 6.45) is 3.93. The van der Waals surface area contributed by atoms with Gasteiger partial charge in [0.15, 0.2) is 8.07 Å². The van der Waals surface area contributed by atoms with E-state index in [9.17, 15) is 0 Å². The van der Waals surface area contributed by atoms with Gasteiger partial charge in [0.05, 0.1) is 11.4 Å². The summed E-state index contributed by atoms with van der Waals surface area (Å²) < 4.78 is 0. The van der Waals surface area contributed by atoms with E-state index in [1.807, 2.05) is 48.8 Å². The second-order valence-electron chi connectivity index (χ2n) is 11.2. The molecule has 0 unspecified atom stereocenters. The molecule has 206 valence electrons. The molecule has 0 N–H and O–H groups in total. The maximum absolute atomic E-state index is 5.00. The van der Waals surface area contributed by atoms with Crippen LogP contribution in [-0.2, 0) is 0 Å². The molecular weight excluding hydrogens is 537 g/mol. The summed E-state index contributed by atoms with van der Waals surface area (Å²) in [4.78, 5) is 9.99. The highest BCUT2D eigenvalue weighted by atomic mass is 28.3. The van der Waals surface area contributed by atoms with Crippen molar-refractivity contribution in [2.45, 2.75) is 13.8 Å². The van der Waals surface area contributed by atoms with E-state index < -0.39 is 8.07 Å². The van der Waals surface area contributed by atoms with Gasteiger partial charge < -0.3 is 0 Å². The van der Waals surface area contributed by atoms with Crippen LogP contribution < -0.4 is 20.7 Å². The van der Waals surface area contributed by atoms with Crippen LogP contribution in [0.5, 0.6) is 0 Å². The van der Waals surface area contributed by atoms with Gasteiger partial charge in [0.1, 0.15) is 0 Å². The molecule has 6 aromatic rings. The van der Waals surface area contributed by atoms with Crippen molar-refractivity contribution in [2.75, 3.05) is 0 Å². The molecule has 1 aliphatic heterocycles. The van der Waals surface area contributed by atoms with Gasteiger partial charge in [-0.05, 0) is 80.1 Å². The van der Waals surface area contributed by atoms with Crippen LogP contribution in [0.1, 0.15) is 22.3 Å². The molecule has 6 aromatic carbocycles. The number of fused-ring (bicyclic) bond motifs is 3. The predicted octanol–water partition coefficient (Wildman–Crippen LogP) is 7.16. The SMILES string of the molecule is Cc1cc2c(cc1/N=C/c1ccccc1)-c1cc(/N=C/c3ccccc3)c(C)cc1[Si]2(c1ccccc1)c1ccccc1. The molecule has 1 heterocycles.